The summed E-state index contributed by atoms with van der Waals surface area (Å²) < 4.78 is 0. The predicted octanol–water partition coefficient (Wildman–Crippen LogP) is 3.04. The Balaban J connectivity index is 1.33. The third kappa shape index (κ3) is 3.64. The van der Waals surface area contributed by atoms with Gasteiger partial charge in [0.2, 0.25) is 0 Å². The van der Waals surface area contributed by atoms with Crippen LogP contribution in [0.25, 0.3) is 10.2 Å². The summed E-state index contributed by atoms with van der Waals surface area (Å²) in [6, 6.07) is 10.6. The second-order valence-electron chi connectivity index (χ2n) is 8.05. The minimum atomic E-state index is -0.427. The number of aryl methyl sites for hydroxylation is 2. The van der Waals surface area contributed by atoms with Crippen molar-refractivity contribution in [3.05, 3.63) is 62.5 Å². The summed E-state index contributed by atoms with van der Waals surface area (Å²) in [6.45, 7) is 1.19. The zero-order chi connectivity index (χ0) is 19.1. The third-order valence-corrected chi connectivity index (χ3v) is 6.99. The second-order valence-corrected chi connectivity index (χ2v) is 9.14. The lowest BCUT2D eigenvalue weighted by Crippen LogP contribution is -2.35. The van der Waals surface area contributed by atoms with Crippen LogP contribution >= 0.6 is 11.3 Å². The van der Waals surface area contributed by atoms with Gasteiger partial charge >= 0.3 is 0 Å². The number of thiophene rings is 1. The number of aromatic nitrogens is 2. The Kier molecular flexibility index (Phi) is 4.78. The number of hydrogen-bond acceptors (Lipinski definition) is 5. The maximum absolute atomic E-state index is 12.7. The van der Waals surface area contributed by atoms with Crippen LogP contribution in [0.2, 0.25) is 0 Å². The molecule has 0 spiro atoms. The monoisotopic (exact) mass is 395 g/mol. The number of H-pyrrole nitrogens is 1. The van der Waals surface area contributed by atoms with E-state index in [1.165, 1.54) is 10.4 Å². The molecule has 1 fully saturated rings. The lowest BCUT2D eigenvalue weighted by Gasteiger charge is -2.24. The van der Waals surface area contributed by atoms with Gasteiger partial charge in [0.1, 0.15) is 10.7 Å². The van der Waals surface area contributed by atoms with Crippen molar-refractivity contribution in [2.24, 2.45) is 0 Å². The predicted molar refractivity (Wildman–Crippen MR) is 112 cm³/mol. The Labute approximate surface area is 168 Å². The van der Waals surface area contributed by atoms with Crippen molar-refractivity contribution in [2.45, 2.75) is 57.2 Å². The van der Waals surface area contributed by atoms with Crippen molar-refractivity contribution in [1.29, 1.82) is 0 Å². The van der Waals surface area contributed by atoms with Crippen LogP contribution in [0, 0.1) is 0 Å². The largest absolute Gasteiger partial charge is 0.391 e. The van der Waals surface area contributed by atoms with Crippen molar-refractivity contribution >= 4 is 21.6 Å². The summed E-state index contributed by atoms with van der Waals surface area (Å²) in [5.41, 5.74) is 2.37. The molecule has 0 radical (unpaired) electrons. The molecule has 0 aliphatic heterocycles. The Morgan fingerprint density at radius 2 is 2.07 bits per heavy atom. The standard InChI is InChI=1S/C22H25N3O2S/c26-16(11-14-5-2-1-3-6-14)12-25(15-9-10-15)13-19-23-21(27)20-17-7-4-8-18(17)28-22(20)24-19/h1-3,5-6,15-16,26H,4,7-13H2,(H,23,24,27). The van der Waals surface area contributed by atoms with Crippen molar-refractivity contribution in [2.75, 3.05) is 6.54 Å². The summed E-state index contributed by atoms with van der Waals surface area (Å²) >= 11 is 1.68. The van der Waals surface area contributed by atoms with Crippen molar-refractivity contribution in [3.8, 4) is 0 Å². The van der Waals surface area contributed by atoms with Gasteiger partial charge in [-0.05, 0) is 49.7 Å². The molecule has 3 aromatic rings. The van der Waals surface area contributed by atoms with Crippen LogP contribution in [0.3, 0.4) is 0 Å². The highest BCUT2D eigenvalue weighted by Crippen LogP contribution is 2.35. The van der Waals surface area contributed by atoms with Crippen LogP contribution in [-0.2, 0) is 25.8 Å². The number of aromatic amines is 1. The van der Waals surface area contributed by atoms with Gasteiger partial charge < -0.3 is 10.1 Å². The zero-order valence-electron chi connectivity index (χ0n) is 15.9. The topological polar surface area (TPSA) is 69.2 Å². The Bertz CT molecular complexity index is 1040. The first kappa shape index (κ1) is 18.0. The molecule has 2 aromatic heterocycles. The second kappa shape index (κ2) is 7.43. The lowest BCUT2D eigenvalue weighted by atomic mass is 10.1. The first-order chi connectivity index (χ1) is 13.7. The third-order valence-electron chi connectivity index (χ3n) is 5.80. The van der Waals surface area contributed by atoms with E-state index in [4.69, 9.17) is 4.98 Å². The molecule has 2 N–H and O–H groups in total. The van der Waals surface area contributed by atoms with Gasteiger partial charge in [-0.25, -0.2) is 4.98 Å². The maximum Gasteiger partial charge on any atom is 0.259 e. The highest BCUT2D eigenvalue weighted by Gasteiger charge is 2.31. The number of hydrogen-bond donors (Lipinski definition) is 2. The fourth-order valence-electron chi connectivity index (χ4n) is 4.32. The van der Waals surface area contributed by atoms with Crippen molar-refractivity contribution in [1.82, 2.24) is 14.9 Å². The number of aliphatic hydroxyl groups excluding tert-OH is 1. The van der Waals surface area contributed by atoms with Crippen LogP contribution in [0.5, 0.6) is 0 Å². The molecular formula is C22H25N3O2S. The van der Waals surface area contributed by atoms with Gasteiger partial charge in [-0.2, -0.15) is 0 Å². The van der Waals surface area contributed by atoms with Gasteiger partial charge in [0, 0.05) is 17.5 Å². The van der Waals surface area contributed by atoms with Gasteiger partial charge in [0.05, 0.1) is 18.0 Å². The van der Waals surface area contributed by atoms with E-state index in [1.54, 1.807) is 11.3 Å². The highest BCUT2D eigenvalue weighted by molar-refractivity contribution is 7.18. The molecule has 0 saturated heterocycles. The fourth-order valence-corrected chi connectivity index (χ4v) is 5.60. The van der Waals surface area contributed by atoms with Crippen LogP contribution in [0.1, 0.15) is 41.1 Å². The van der Waals surface area contributed by atoms with E-state index in [1.807, 2.05) is 30.3 Å². The van der Waals surface area contributed by atoms with E-state index >= 15 is 0 Å². The summed E-state index contributed by atoms with van der Waals surface area (Å²) in [4.78, 5) is 25.0. The van der Waals surface area contributed by atoms with Crippen LogP contribution in [0.4, 0.5) is 0 Å². The molecule has 146 valence electrons. The average molecular weight is 396 g/mol. The molecule has 2 heterocycles. The van der Waals surface area contributed by atoms with Crippen molar-refractivity contribution < 1.29 is 5.11 Å². The summed E-state index contributed by atoms with van der Waals surface area (Å²) in [5.74, 6) is 0.719. The van der Waals surface area contributed by atoms with E-state index < -0.39 is 6.10 Å². The van der Waals surface area contributed by atoms with Crippen LogP contribution in [-0.4, -0.2) is 38.7 Å². The fraction of sp³-hybridized carbons (Fsp3) is 0.455. The molecule has 1 saturated carbocycles. The minimum absolute atomic E-state index is 0.0000176. The smallest absolute Gasteiger partial charge is 0.259 e. The summed E-state index contributed by atoms with van der Waals surface area (Å²) in [5, 5.41) is 11.4. The molecule has 2 aliphatic rings. The molecule has 5 rings (SSSR count). The van der Waals surface area contributed by atoms with Crippen LogP contribution in [0.15, 0.2) is 35.1 Å². The molecule has 1 atom stereocenters. The van der Waals surface area contributed by atoms with E-state index in [0.717, 1.165) is 53.7 Å². The van der Waals surface area contributed by atoms with E-state index in [2.05, 4.69) is 9.88 Å². The van der Waals surface area contributed by atoms with Crippen molar-refractivity contribution in [3.63, 3.8) is 0 Å². The van der Waals surface area contributed by atoms with Gasteiger partial charge in [0.25, 0.3) is 5.56 Å². The molecule has 2 aliphatic carbocycles. The van der Waals surface area contributed by atoms with Gasteiger partial charge in [-0.1, -0.05) is 30.3 Å². The summed E-state index contributed by atoms with van der Waals surface area (Å²) in [7, 11) is 0. The van der Waals surface area contributed by atoms with E-state index in [-0.39, 0.29) is 5.56 Å². The molecule has 0 amide bonds. The summed E-state index contributed by atoms with van der Waals surface area (Å²) in [6.07, 6.45) is 5.74. The molecule has 28 heavy (non-hydrogen) atoms. The maximum atomic E-state index is 12.7. The quantitative estimate of drug-likeness (QED) is 0.645. The number of aliphatic hydroxyl groups is 1. The molecule has 0 bridgehead atoms. The number of fused-ring (bicyclic) bond motifs is 3. The number of rotatable bonds is 7. The van der Waals surface area contributed by atoms with Gasteiger partial charge in [-0.3, -0.25) is 9.69 Å². The Morgan fingerprint density at radius 3 is 2.86 bits per heavy atom. The number of benzene rings is 1. The Hall–Kier alpha value is -2.02. The average Bonchev–Trinajstić information content (AvgIpc) is 3.32. The zero-order valence-corrected chi connectivity index (χ0v) is 16.7. The van der Waals surface area contributed by atoms with E-state index in [0.29, 0.717) is 25.6 Å². The first-order valence-corrected chi connectivity index (χ1v) is 11.0. The number of nitrogens with one attached hydrogen (secondary N) is 1. The number of nitrogens with zero attached hydrogens (tertiary/aromatic N) is 2. The SMILES string of the molecule is O=c1[nH]c(CN(CC(O)Cc2ccccc2)C2CC2)nc2sc3c(c12)CCC3. The molecule has 1 aromatic carbocycles. The molecule has 1 unspecified atom stereocenters. The van der Waals surface area contributed by atoms with Gasteiger partial charge in [0.15, 0.2) is 0 Å². The molecular weight excluding hydrogens is 370 g/mol. The lowest BCUT2D eigenvalue weighted by molar-refractivity contribution is 0.103. The van der Waals surface area contributed by atoms with E-state index in [9.17, 15) is 9.90 Å². The van der Waals surface area contributed by atoms with Crippen LogP contribution < -0.4 is 5.56 Å². The molecule has 5 nitrogen and oxygen atoms in total. The molecule has 6 heteroatoms. The minimum Gasteiger partial charge on any atom is -0.391 e. The van der Waals surface area contributed by atoms with Gasteiger partial charge in [-0.15, -0.1) is 11.3 Å². The highest BCUT2D eigenvalue weighted by atomic mass is 32.1. The normalized spacial score (nSPS) is 17.4. The Morgan fingerprint density at radius 1 is 1.25 bits per heavy atom. The first-order valence-electron chi connectivity index (χ1n) is 10.2.